The molecule has 1 amide bonds. The molecule has 0 radical (unpaired) electrons. The number of hydrogen-bond acceptors (Lipinski definition) is 4. The van der Waals surface area contributed by atoms with Crippen LogP contribution in [-0.4, -0.2) is 10.9 Å². The first-order chi connectivity index (χ1) is 10.6. The van der Waals surface area contributed by atoms with Gasteiger partial charge < -0.3 is 5.73 Å². The van der Waals surface area contributed by atoms with Gasteiger partial charge in [-0.05, 0) is 30.7 Å². The molecule has 1 aromatic heterocycles. The monoisotopic (exact) mass is 309 g/mol. The van der Waals surface area contributed by atoms with E-state index in [2.05, 4.69) is 10.3 Å². The molecule has 0 aliphatic carbocycles. The molecular weight excluding hydrogens is 294 g/mol. The van der Waals surface area contributed by atoms with Crippen LogP contribution in [-0.2, 0) is 0 Å². The van der Waals surface area contributed by atoms with Gasteiger partial charge in [-0.15, -0.1) is 11.3 Å². The zero-order chi connectivity index (χ0) is 15.5. The molecule has 1 heterocycles. The summed E-state index contributed by atoms with van der Waals surface area (Å²) >= 11 is 1.40. The number of amides is 1. The number of nitrogens with two attached hydrogens (primary N) is 1. The van der Waals surface area contributed by atoms with Crippen LogP contribution in [0.25, 0.3) is 11.3 Å². The number of aryl methyl sites for hydroxylation is 1. The predicted octanol–water partition coefficient (Wildman–Crippen LogP) is 3.95. The van der Waals surface area contributed by atoms with Crippen molar-refractivity contribution in [3.8, 4) is 11.3 Å². The third-order valence-electron chi connectivity index (χ3n) is 3.30. The average molecular weight is 309 g/mol. The quantitative estimate of drug-likeness (QED) is 0.720. The summed E-state index contributed by atoms with van der Waals surface area (Å²) in [5, 5.41) is 5.32. The molecule has 0 saturated carbocycles. The van der Waals surface area contributed by atoms with Crippen LogP contribution in [0, 0.1) is 6.92 Å². The van der Waals surface area contributed by atoms with Crippen molar-refractivity contribution in [2.24, 2.45) is 0 Å². The van der Waals surface area contributed by atoms with Crippen LogP contribution in [0.1, 0.15) is 15.9 Å². The van der Waals surface area contributed by atoms with Gasteiger partial charge in [-0.2, -0.15) is 0 Å². The molecule has 0 atom stereocenters. The maximum Gasteiger partial charge on any atom is 0.257 e. The second-order valence-electron chi connectivity index (χ2n) is 4.93. The lowest BCUT2D eigenvalue weighted by atomic mass is 10.1. The van der Waals surface area contributed by atoms with Gasteiger partial charge in [0.25, 0.3) is 5.91 Å². The van der Waals surface area contributed by atoms with E-state index < -0.39 is 0 Å². The summed E-state index contributed by atoms with van der Waals surface area (Å²) in [6, 6.07) is 15.0. The molecule has 0 aliphatic rings. The Hall–Kier alpha value is -2.66. The number of aromatic nitrogens is 1. The third-order valence-corrected chi connectivity index (χ3v) is 4.05. The van der Waals surface area contributed by atoms with E-state index in [1.54, 1.807) is 6.07 Å². The first kappa shape index (κ1) is 14.3. The van der Waals surface area contributed by atoms with Crippen LogP contribution in [0.3, 0.4) is 0 Å². The van der Waals surface area contributed by atoms with Crippen molar-refractivity contribution < 1.29 is 4.79 Å². The van der Waals surface area contributed by atoms with Gasteiger partial charge >= 0.3 is 0 Å². The van der Waals surface area contributed by atoms with Gasteiger partial charge in [-0.1, -0.05) is 30.3 Å². The van der Waals surface area contributed by atoms with Crippen LogP contribution in [0.5, 0.6) is 0 Å². The lowest BCUT2D eigenvalue weighted by Crippen LogP contribution is -2.12. The molecule has 22 heavy (non-hydrogen) atoms. The number of carbonyl (C=O) groups excluding carboxylic acids is 1. The molecule has 3 N–H and O–H groups in total. The summed E-state index contributed by atoms with van der Waals surface area (Å²) in [5.41, 5.74) is 9.81. The van der Waals surface area contributed by atoms with E-state index in [0.29, 0.717) is 16.4 Å². The second kappa shape index (κ2) is 5.99. The molecule has 0 bridgehead atoms. The highest BCUT2D eigenvalue weighted by molar-refractivity contribution is 7.14. The molecule has 0 unspecified atom stereocenters. The standard InChI is InChI=1S/C17H15N3OS/c1-11-5-2-3-8-14(11)16(21)20-17-19-15(10-22-17)12-6-4-7-13(18)9-12/h2-10H,18H2,1H3,(H,19,20,21). The van der Waals surface area contributed by atoms with Crippen molar-refractivity contribution in [2.75, 3.05) is 11.1 Å². The maximum atomic E-state index is 12.3. The normalized spacial score (nSPS) is 10.4. The van der Waals surface area contributed by atoms with Crippen molar-refractivity contribution in [2.45, 2.75) is 6.92 Å². The number of nitrogen functional groups attached to an aromatic ring is 1. The largest absolute Gasteiger partial charge is 0.399 e. The van der Waals surface area contributed by atoms with Crippen LogP contribution >= 0.6 is 11.3 Å². The van der Waals surface area contributed by atoms with Crippen molar-refractivity contribution in [1.82, 2.24) is 4.98 Å². The highest BCUT2D eigenvalue weighted by atomic mass is 32.1. The molecule has 0 fully saturated rings. The number of rotatable bonds is 3. The number of nitrogens with zero attached hydrogens (tertiary/aromatic N) is 1. The molecule has 110 valence electrons. The maximum absolute atomic E-state index is 12.3. The summed E-state index contributed by atoms with van der Waals surface area (Å²) in [5.74, 6) is -0.147. The smallest absolute Gasteiger partial charge is 0.257 e. The van der Waals surface area contributed by atoms with E-state index in [1.807, 2.05) is 54.8 Å². The van der Waals surface area contributed by atoms with Crippen LogP contribution in [0.15, 0.2) is 53.9 Å². The van der Waals surface area contributed by atoms with Crippen LogP contribution in [0.4, 0.5) is 10.8 Å². The van der Waals surface area contributed by atoms with Crippen molar-refractivity contribution in [3.63, 3.8) is 0 Å². The number of carbonyl (C=O) groups is 1. The highest BCUT2D eigenvalue weighted by Crippen LogP contribution is 2.26. The lowest BCUT2D eigenvalue weighted by Gasteiger charge is -2.04. The SMILES string of the molecule is Cc1ccccc1C(=O)Nc1nc(-c2cccc(N)c2)cs1. The van der Waals surface area contributed by atoms with Gasteiger partial charge in [-0.25, -0.2) is 4.98 Å². The van der Waals surface area contributed by atoms with E-state index >= 15 is 0 Å². The molecule has 2 aromatic carbocycles. The molecule has 5 heteroatoms. The van der Waals surface area contributed by atoms with Crippen molar-refractivity contribution >= 4 is 28.1 Å². The topological polar surface area (TPSA) is 68.0 Å². The molecule has 0 spiro atoms. The van der Waals surface area contributed by atoms with Gasteiger partial charge in [0, 0.05) is 22.2 Å². The van der Waals surface area contributed by atoms with Gasteiger partial charge in [0.05, 0.1) is 5.69 Å². The Morgan fingerprint density at radius 1 is 1.18 bits per heavy atom. The second-order valence-corrected chi connectivity index (χ2v) is 5.79. The lowest BCUT2D eigenvalue weighted by molar-refractivity contribution is 0.102. The Balaban J connectivity index is 1.80. The van der Waals surface area contributed by atoms with Crippen LogP contribution in [0.2, 0.25) is 0 Å². The fourth-order valence-corrected chi connectivity index (χ4v) is 2.87. The number of thiazole rings is 1. The first-order valence-corrected chi connectivity index (χ1v) is 7.70. The third kappa shape index (κ3) is 2.99. The summed E-state index contributed by atoms with van der Waals surface area (Å²) < 4.78 is 0. The van der Waals surface area contributed by atoms with E-state index in [1.165, 1.54) is 11.3 Å². The average Bonchev–Trinajstić information content (AvgIpc) is 2.96. The number of nitrogens with one attached hydrogen (secondary N) is 1. The van der Waals surface area contributed by atoms with E-state index in [9.17, 15) is 4.79 Å². The predicted molar refractivity (Wildman–Crippen MR) is 91.1 cm³/mol. The summed E-state index contributed by atoms with van der Waals surface area (Å²) in [6.07, 6.45) is 0. The Bertz CT molecular complexity index is 826. The Labute approximate surface area is 132 Å². The zero-order valence-electron chi connectivity index (χ0n) is 12.0. The molecule has 3 aromatic rings. The fourth-order valence-electron chi connectivity index (χ4n) is 2.15. The van der Waals surface area contributed by atoms with Crippen molar-refractivity contribution in [1.29, 1.82) is 0 Å². The fraction of sp³-hybridized carbons (Fsp3) is 0.0588. The minimum atomic E-state index is -0.147. The van der Waals surface area contributed by atoms with Crippen molar-refractivity contribution in [3.05, 3.63) is 65.0 Å². The Kier molecular flexibility index (Phi) is 3.89. The Morgan fingerprint density at radius 3 is 2.77 bits per heavy atom. The molecular formula is C17H15N3OS. The zero-order valence-corrected chi connectivity index (χ0v) is 12.9. The van der Waals surface area contributed by atoms with E-state index in [4.69, 9.17) is 5.73 Å². The molecule has 3 rings (SSSR count). The number of anilines is 2. The molecule has 4 nitrogen and oxygen atoms in total. The highest BCUT2D eigenvalue weighted by Gasteiger charge is 2.11. The molecule has 0 saturated heterocycles. The number of benzene rings is 2. The summed E-state index contributed by atoms with van der Waals surface area (Å²) in [4.78, 5) is 16.7. The molecule has 0 aliphatic heterocycles. The van der Waals surface area contributed by atoms with Gasteiger partial charge in [0.15, 0.2) is 5.13 Å². The van der Waals surface area contributed by atoms with Gasteiger partial charge in [-0.3, -0.25) is 10.1 Å². The minimum Gasteiger partial charge on any atom is -0.399 e. The van der Waals surface area contributed by atoms with Gasteiger partial charge in [0.1, 0.15) is 0 Å². The Morgan fingerprint density at radius 2 is 2.00 bits per heavy atom. The summed E-state index contributed by atoms with van der Waals surface area (Å²) in [7, 11) is 0. The minimum absolute atomic E-state index is 0.147. The van der Waals surface area contributed by atoms with E-state index in [-0.39, 0.29) is 5.91 Å². The first-order valence-electron chi connectivity index (χ1n) is 6.82. The van der Waals surface area contributed by atoms with E-state index in [0.717, 1.165) is 16.8 Å². The van der Waals surface area contributed by atoms with Crippen LogP contribution < -0.4 is 11.1 Å². The number of hydrogen-bond donors (Lipinski definition) is 2. The summed E-state index contributed by atoms with van der Waals surface area (Å²) in [6.45, 7) is 1.91. The van der Waals surface area contributed by atoms with Gasteiger partial charge in [0.2, 0.25) is 0 Å².